The van der Waals surface area contributed by atoms with E-state index in [1.165, 1.54) is 0 Å². The van der Waals surface area contributed by atoms with Crippen LogP contribution < -0.4 is 4.90 Å². The number of anilines is 1. The van der Waals surface area contributed by atoms with Crippen LogP contribution in [0.15, 0.2) is 30.3 Å². The molecule has 0 aliphatic rings. The predicted molar refractivity (Wildman–Crippen MR) is 66.0 cm³/mol. The van der Waals surface area contributed by atoms with E-state index in [0.29, 0.717) is 19.4 Å². The molecule has 92 valence electrons. The van der Waals surface area contributed by atoms with Gasteiger partial charge in [0.2, 0.25) is 5.91 Å². The SMILES string of the molecule is CCC(=O)N(CCCC(=O)O)c1ccccc1. The van der Waals surface area contributed by atoms with Crippen LogP contribution >= 0.6 is 0 Å². The largest absolute Gasteiger partial charge is 0.481 e. The average molecular weight is 235 g/mol. The lowest BCUT2D eigenvalue weighted by Crippen LogP contribution is -2.31. The quantitative estimate of drug-likeness (QED) is 0.823. The molecule has 0 aliphatic carbocycles. The molecule has 0 radical (unpaired) electrons. The van der Waals surface area contributed by atoms with E-state index in [9.17, 15) is 9.59 Å². The number of rotatable bonds is 6. The summed E-state index contributed by atoms with van der Waals surface area (Å²) in [6.07, 6.45) is 0.970. The smallest absolute Gasteiger partial charge is 0.303 e. The summed E-state index contributed by atoms with van der Waals surface area (Å²) in [6, 6.07) is 9.32. The highest BCUT2D eigenvalue weighted by Gasteiger charge is 2.13. The Morgan fingerprint density at radius 3 is 2.41 bits per heavy atom. The molecule has 0 saturated heterocycles. The molecule has 0 heterocycles. The number of hydrogen-bond donors (Lipinski definition) is 1. The summed E-state index contributed by atoms with van der Waals surface area (Å²) in [7, 11) is 0. The van der Waals surface area contributed by atoms with Crippen molar-refractivity contribution in [1.29, 1.82) is 0 Å². The second-order valence-electron chi connectivity index (χ2n) is 3.73. The number of carbonyl (C=O) groups excluding carboxylic acids is 1. The molecule has 17 heavy (non-hydrogen) atoms. The van der Waals surface area contributed by atoms with E-state index in [-0.39, 0.29) is 12.3 Å². The van der Waals surface area contributed by atoms with Crippen molar-refractivity contribution in [2.24, 2.45) is 0 Å². The van der Waals surface area contributed by atoms with Crippen molar-refractivity contribution in [3.05, 3.63) is 30.3 Å². The molecule has 4 nitrogen and oxygen atoms in total. The Kier molecular flexibility index (Phi) is 5.20. The first-order valence-corrected chi connectivity index (χ1v) is 5.72. The minimum absolute atomic E-state index is 0.0154. The van der Waals surface area contributed by atoms with Gasteiger partial charge in [-0.25, -0.2) is 0 Å². The highest BCUT2D eigenvalue weighted by Crippen LogP contribution is 2.15. The molecular weight excluding hydrogens is 218 g/mol. The number of nitrogens with zero attached hydrogens (tertiary/aromatic N) is 1. The van der Waals surface area contributed by atoms with E-state index in [0.717, 1.165) is 5.69 Å². The average Bonchev–Trinajstić information content (AvgIpc) is 2.34. The van der Waals surface area contributed by atoms with E-state index in [1.807, 2.05) is 30.3 Å². The fourth-order valence-corrected chi connectivity index (χ4v) is 1.58. The highest BCUT2D eigenvalue weighted by molar-refractivity contribution is 5.93. The van der Waals surface area contributed by atoms with E-state index in [2.05, 4.69) is 0 Å². The van der Waals surface area contributed by atoms with E-state index < -0.39 is 5.97 Å². The standard InChI is InChI=1S/C13H17NO3/c1-2-12(15)14(10-6-9-13(16)17)11-7-4-3-5-8-11/h3-5,7-8H,2,6,9-10H2,1H3,(H,16,17). The molecule has 0 bridgehead atoms. The number of benzene rings is 1. The zero-order valence-corrected chi connectivity index (χ0v) is 9.93. The summed E-state index contributed by atoms with van der Waals surface area (Å²) in [5, 5.41) is 8.59. The summed E-state index contributed by atoms with van der Waals surface area (Å²) in [5.74, 6) is -0.816. The lowest BCUT2D eigenvalue weighted by Gasteiger charge is -2.22. The van der Waals surface area contributed by atoms with Gasteiger partial charge in [0, 0.05) is 25.1 Å². The van der Waals surface area contributed by atoms with Gasteiger partial charge in [-0.2, -0.15) is 0 Å². The minimum atomic E-state index is -0.832. The molecule has 1 rings (SSSR count). The van der Waals surface area contributed by atoms with Gasteiger partial charge < -0.3 is 10.0 Å². The van der Waals surface area contributed by atoms with Gasteiger partial charge in [0.25, 0.3) is 0 Å². The maximum absolute atomic E-state index is 11.8. The third kappa shape index (κ3) is 4.26. The van der Waals surface area contributed by atoms with Crippen molar-refractivity contribution < 1.29 is 14.7 Å². The second-order valence-corrected chi connectivity index (χ2v) is 3.73. The van der Waals surface area contributed by atoms with Crippen LogP contribution in [0.1, 0.15) is 26.2 Å². The first kappa shape index (κ1) is 13.2. The normalized spacial score (nSPS) is 9.94. The molecule has 4 heteroatoms. The topological polar surface area (TPSA) is 57.6 Å². The fourth-order valence-electron chi connectivity index (χ4n) is 1.58. The summed E-state index contributed by atoms with van der Waals surface area (Å²) in [4.78, 5) is 23.9. The van der Waals surface area contributed by atoms with Crippen LogP contribution in [-0.4, -0.2) is 23.5 Å². The molecular formula is C13H17NO3. The van der Waals surface area contributed by atoms with Crippen molar-refractivity contribution in [1.82, 2.24) is 0 Å². The molecule has 0 aliphatic heterocycles. The summed E-state index contributed by atoms with van der Waals surface area (Å²) in [5.41, 5.74) is 0.824. The Morgan fingerprint density at radius 2 is 1.88 bits per heavy atom. The Morgan fingerprint density at radius 1 is 1.24 bits per heavy atom. The summed E-state index contributed by atoms with van der Waals surface area (Å²) >= 11 is 0. The van der Waals surface area contributed by atoms with Crippen LogP contribution in [0, 0.1) is 0 Å². The lowest BCUT2D eigenvalue weighted by molar-refractivity contribution is -0.137. The number of carboxylic acids is 1. The van der Waals surface area contributed by atoms with Gasteiger partial charge in [0.15, 0.2) is 0 Å². The molecule has 0 aromatic heterocycles. The van der Waals surface area contributed by atoms with Crippen LogP contribution in [0.4, 0.5) is 5.69 Å². The maximum Gasteiger partial charge on any atom is 0.303 e. The van der Waals surface area contributed by atoms with Crippen LogP contribution in [0.2, 0.25) is 0 Å². The summed E-state index contributed by atoms with van der Waals surface area (Å²) < 4.78 is 0. The van der Waals surface area contributed by atoms with Crippen LogP contribution in [-0.2, 0) is 9.59 Å². The first-order valence-electron chi connectivity index (χ1n) is 5.72. The first-order chi connectivity index (χ1) is 8.15. The third-order valence-electron chi connectivity index (χ3n) is 2.44. The lowest BCUT2D eigenvalue weighted by atomic mass is 10.2. The Labute approximate surface area is 101 Å². The van der Waals surface area contributed by atoms with Crippen LogP contribution in [0.25, 0.3) is 0 Å². The van der Waals surface area contributed by atoms with Crippen LogP contribution in [0.3, 0.4) is 0 Å². The fraction of sp³-hybridized carbons (Fsp3) is 0.385. The molecule has 0 saturated carbocycles. The molecule has 0 atom stereocenters. The van der Waals surface area contributed by atoms with Gasteiger partial charge in [0.05, 0.1) is 0 Å². The summed E-state index contributed by atoms with van der Waals surface area (Å²) in [6.45, 7) is 2.25. The van der Waals surface area contributed by atoms with E-state index in [1.54, 1.807) is 11.8 Å². The Hall–Kier alpha value is -1.84. The molecule has 1 aromatic rings. The monoisotopic (exact) mass is 235 g/mol. The predicted octanol–water partition coefficient (Wildman–Crippen LogP) is 2.29. The van der Waals surface area contributed by atoms with E-state index in [4.69, 9.17) is 5.11 Å². The van der Waals surface area contributed by atoms with Gasteiger partial charge in [-0.1, -0.05) is 25.1 Å². The van der Waals surface area contributed by atoms with Crippen molar-refractivity contribution in [3.63, 3.8) is 0 Å². The zero-order valence-electron chi connectivity index (χ0n) is 9.93. The number of carboxylic acid groups (broad SMARTS) is 1. The van der Waals surface area contributed by atoms with Crippen molar-refractivity contribution in [2.75, 3.05) is 11.4 Å². The Balaban J connectivity index is 2.68. The third-order valence-corrected chi connectivity index (χ3v) is 2.44. The molecule has 0 fully saturated rings. The molecule has 0 unspecified atom stereocenters. The molecule has 1 aromatic carbocycles. The molecule has 1 N–H and O–H groups in total. The van der Waals surface area contributed by atoms with Crippen LogP contribution in [0.5, 0.6) is 0 Å². The van der Waals surface area contributed by atoms with Gasteiger partial charge in [-0.05, 0) is 18.6 Å². The second kappa shape index (κ2) is 6.68. The molecule has 0 spiro atoms. The number of hydrogen-bond acceptors (Lipinski definition) is 2. The molecule has 1 amide bonds. The van der Waals surface area contributed by atoms with Crippen molar-refractivity contribution in [3.8, 4) is 0 Å². The van der Waals surface area contributed by atoms with Gasteiger partial charge >= 0.3 is 5.97 Å². The minimum Gasteiger partial charge on any atom is -0.481 e. The van der Waals surface area contributed by atoms with E-state index >= 15 is 0 Å². The number of carbonyl (C=O) groups is 2. The Bertz CT molecular complexity index is 376. The van der Waals surface area contributed by atoms with Gasteiger partial charge in [-0.15, -0.1) is 0 Å². The van der Waals surface area contributed by atoms with Gasteiger partial charge in [-0.3, -0.25) is 9.59 Å². The highest BCUT2D eigenvalue weighted by atomic mass is 16.4. The van der Waals surface area contributed by atoms with Crippen molar-refractivity contribution in [2.45, 2.75) is 26.2 Å². The zero-order chi connectivity index (χ0) is 12.7. The maximum atomic E-state index is 11.8. The van der Waals surface area contributed by atoms with Crippen molar-refractivity contribution >= 4 is 17.6 Å². The number of aliphatic carboxylic acids is 1. The number of para-hydroxylation sites is 1. The van der Waals surface area contributed by atoms with Gasteiger partial charge in [0.1, 0.15) is 0 Å². The number of amides is 1.